The number of hydrogen-bond donors (Lipinski definition) is 1. The lowest BCUT2D eigenvalue weighted by molar-refractivity contribution is 1.10. The van der Waals surface area contributed by atoms with Crippen LogP contribution in [0.5, 0.6) is 0 Å². The highest BCUT2D eigenvalue weighted by Gasteiger charge is 2.05. The Morgan fingerprint density at radius 1 is 1.16 bits per heavy atom. The van der Waals surface area contributed by atoms with Crippen molar-refractivity contribution in [2.75, 3.05) is 24.3 Å². The molecule has 0 aliphatic rings. The van der Waals surface area contributed by atoms with Gasteiger partial charge in [0.2, 0.25) is 0 Å². The SMILES string of the molecule is CN(C)c1ccccc1NCc1ccc(Br)cc1Cl. The number of benzene rings is 2. The van der Waals surface area contributed by atoms with Crippen molar-refractivity contribution >= 4 is 38.9 Å². The van der Waals surface area contributed by atoms with Gasteiger partial charge < -0.3 is 10.2 Å². The molecule has 0 spiro atoms. The molecular weight excluding hydrogens is 324 g/mol. The second-order valence-corrected chi connectivity index (χ2v) is 5.82. The molecule has 100 valence electrons. The van der Waals surface area contributed by atoms with Crippen LogP contribution in [0.1, 0.15) is 5.56 Å². The molecule has 2 nitrogen and oxygen atoms in total. The minimum atomic E-state index is 0.705. The third kappa shape index (κ3) is 3.64. The average Bonchev–Trinajstić information content (AvgIpc) is 2.38. The van der Waals surface area contributed by atoms with Crippen LogP contribution in [0.25, 0.3) is 0 Å². The average molecular weight is 340 g/mol. The monoisotopic (exact) mass is 338 g/mol. The number of nitrogens with zero attached hydrogens (tertiary/aromatic N) is 1. The van der Waals surface area contributed by atoms with Crippen molar-refractivity contribution in [1.82, 2.24) is 0 Å². The van der Waals surface area contributed by atoms with E-state index in [1.807, 2.05) is 44.4 Å². The van der Waals surface area contributed by atoms with Crippen LogP contribution in [-0.4, -0.2) is 14.1 Å². The molecule has 0 unspecified atom stereocenters. The van der Waals surface area contributed by atoms with Crippen LogP contribution in [0.15, 0.2) is 46.9 Å². The lowest BCUT2D eigenvalue weighted by Gasteiger charge is -2.18. The Morgan fingerprint density at radius 3 is 2.58 bits per heavy atom. The second-order valence-electron chi connectivity index (χ2n) is 4.50. The van der Waals surface area contributed by atoms with E-state index in [1.54, 1.807) is 0 Å². The molecule has 2 aromatic carbocycles. The maximum absolute atomic E-state index is 6.22. The molecule has 0 saturated carbocycles. The summed E-state index contributed by atoms with van der Waals surface area (Å²) in [6.07, 6.45) is 0. The van der Waals surface area contributed by atoms with Crippen molar-refractivity contribution in [3.63, 3.8) is 0 Å². The summed E-state index contributed by atoms with van der Waals surface area (Å²) >= 11 is 9.63. The van der Waals surface area contributed by atoms with Crippen LogP contribution >= 0.6 is 27.5 Å². The van der Waals surface area contributed by atoms with Gasteiger partial charge in [0.25, 0.3) is 0 Å². The minimum absolute atomic E-state index is 0.705. The van der Waals surface area contributed by atoms with Gasteiger partial charge in [0, 0.05) is 30.1 Å². The molecule has 0 saturated heterocycles. The molecule has 1 N–H and O–H groups in total. The van der Waals surface area contributed by atoms with E-state index < -0.39 is 0 Å². The summed E-state index contributed by atoms with van der Waals surface area (Å²) in [6, 6.07) is 14.2. The Labute approximate surface area is 127 Å². The molecular formula is C15H16BrClN2. The number of hydrogen-bond acceptors (Lipinski definition) is 2. The predicted molar refractivity (Wildman–Crippen MR) is 87.2 cm³/mol. The number of anilines is 2. The molecule has 2 rings (SSSR count). The topological polar surface area (TPSA) is 15.3 Å². The highest BCUT2D eigenvalue weighted by atomic mass is 79.9. The molecule has 0 heterocycles. The highest BCUT2D eigenvalue weighted by Crippen LogP contribution is 2.26. The largest absolute Gasteiger partial charge is 0.379 e. The molecule has 0 aromatic heterocycles. The Hall–Kier alpha value is -1.19. The molecule has 19 heavy (non-hydrogen) atoms. The van der Waals surface area contributed by atoms with E-state index in [-0.39, 0.29) is 0 Å². The molecule has 0 radical (unpaired) electrons. The molecule has 0 fully saturated rings. The van der Waals surface area contributed by atoms with Gasteiger partial charge in [-0.05, 0) is 29.8 Å². The van der Waals surface area contributed by atoms with Crippen molar-refractivity contribution in [3.05, 3.63) is 57.5 Å². The van der Waals surface area contributed by atoms with Gasteiger partial charge in [-0.2, -0.15) is 0 Å². The zero-order valence-electron chi connectivity index (χ0n) is 11.0. The first-order valence-corrected chi connectivity index (χ1v) is 7.19. The van der Waals surface area contributed by atoms with Gasteiger partial charge in [0.15, 0.2) is 0 Å². The predicted octanol–water partition coefficient (Wildman–Crippen LogP) is 4.78. The second kappa shape index (κ2) is 6.31. The summed E-state index contributed by atoms with van der Waals surface area (Å²) in [7, 11) is 4.07. The van der Waals surface area contributed by atoms with Crippen LogP contribution in [0.3, 0.4) is 0 Å². The van der Waals surface area contributed by atoms with Gasteiger partial charge in [-0.1, -0.05) is 45.7 Å². The van der Waals surface area contributed by atoms with E-state index in [0.29, 0.717) is 6.54 Å². The summed E-state index contributed by atoms with van der Waals surface area (Å²) in [6.45, 7) is 0.705. The Balaban J connectivity index is 2.14. The molecule has 0 amide bonds. The fraction of sp³-hybridized carbons (Fsp3) is 0.200. The van der Waals surface area contributed by atoms with Crippen LogP contribution in [0, 0.1) is 0 Å². The summed E-state index contributed by atoms with van der Waals surface area (Å²) in [5, 5.41) is 4.20. The number of rotatable bonds is 4. The van der Waals surface area contributed by atoms with Crippen LogP contribution in [0.4, 0.5) is 11.4 Å². The first-order valence-electron chi connectivity index (χ1n) is 6.02. The lowest BCUT2D eigenvalue weighted by atomic mass is 10.2. The molecule has 4 heteroatoms. The number of para-hydroxylation sites is 2. The zero-order chi connectivity index (χ0) is 13.8. The molecule has 0 aliphatic heterocycles. The third-order valence-corrected chi connectivity index (χ3v) is 3.72. The van der Waals surface area contributed by atoms with E-state index in [4.69, 9.17) is 11.6 Å². The summed E-state index contributed by atoms with van der Waals surface area (Å²) < 4.78 is 0.995. The Bertz CT molecular complexity index is 570. The summed E-state index contributed by atoms with van der Waals surface area (Å²) in [5.74, 6) is 0. The maximum atomic E-state index is 6.22. The van der Waals surface area contributed by atoms with Gasteiger partial charge in [-0.25, -0.2) is 0 Å². The molecule has 0 aliphatic carbocycles. The van der Waals surface area contributed by atoms with Crippen LogP contribution < -0.4 is 10.2 Å². The summed E-state index contributed by atoms with van der Waals surface area (Å²) in [4.78, 5) is 2.09. The minimum Gasteiger partial charge on any atom is -0.379 e. The lowest BCUT2D eigenvalue weighted by Crippen LogP contribution is -2.12. The van der Waals surface area contributed by atoms with Crippen molar-refractivity contribution in [3.8, 4) is 0 Å². The van der Waals surface area contributed by atoms with E-state index in [1.165, 1.54) is 0 Å². The fourth-order valence-corrected chi connectivity index (χ4v) is 2.61. The van der Waals surface area contributed by atoms with Crippen molar-refractivity contribution in [2.45, 2.75) is 6.54 Å². The van der Waals surface area contributed by atoms with Crippen molar-refractivity contribution in [2.24, 2.45) is 0 Å². The van der Waals surface area contributed by atoms with Gasteiger partial charge >= 0.3 is 0 Å². The summed E-state index contributed by atoms with van der Waals surface area (Å²) in [5.41, 5.74) is 3.35. The Kier molecular flexibility index (Phi) is 4.72. The molecule has 0 bridgehead atoms. The van der Waals surface area contributed by atoms with Crippen LogP contribution in [-0.2, 0) is 6.54 Å². The van der Waals surface area contributed by atoms with Crippen molar-refractivity contribution in [1.29, 1.82) is 0 Å². The first kappa shape index (κ1) is 14.2. The fourth-order valence-electron chi connectivity index (χ4n) is 1.87. The van der Waals surface area contributed by atoms with E-state index >= 15 is 0 Å². The first-order chi connectivity index (χ1) is 9.08. The van der Waals surface area contributed by atoms with Crippen LogP contribution in [0.2, 0.25) is 5.02 Å². The molecule has 2 aromatic rings. The highest BCUT2D eigenvalue weighted by molar-refractivity contribution is 9.10. The third-order valence-electron chi connectivity index (χ3n) is 2.87. The quantitative estimate of drug-likeness (QED) is 0.862. The van der Waals surface area contributed by atoms with E-state index in [2.05, 4.69) is 38.3 Å². The maximum Gasteiger partial charge on any atom is 0.0596 e. The van der Waals surface area contributed by atoms with E-state index in [9.17, 15) is 0 Å². The molecule has 0 atom stereocenters. The van der Waals surface area contributed by atoms with Gasteiger partial charge in [0.05, 0.1) is 11.4 Å². The normalized spacial score (nSPS) is 10.3. The van der Waals surface area contributed by atoms with Crippen molar-refractivity contribution < 1.29 is 0 Å². The zero-order valence-corrected chi connectivity index (χ0v) is 13.3. The smallest absolute Gasteiger partial charge is 0.0596 e. The number of halogens is 2. The van der Waals surface area contributed by atoms with Gasteiger partial charge in [-0.3, -0.25) is 0 Å². The Morgan fingerprint density at radius 2 is 1.89 bits per heavy atom. The standard InChI is InChI=1S/C15H16BrClN2/c1-19(2)15-6-4-3-5-14(15)18-10-11-7-8-12(16)9-13(11)17/h3-9,18H,10H2,1-2H3. The van der Waals surface area contributed by atoms with E-state index in [0.717, 1.165) is 26.4 Å². The van der Waals surface area contributed by atoms with Gasteiger partial charge in [0.1, 0.15) is 0 Å². The number of nitrogens with one attached hydrogen (secondary N) is 1. The van der Waals surface area contributed by atoms with Gasteiger partial charge in [-0.15, -0.1) is 0 Å².